The molecule has 1 fully saturated rings. The second-order valence-electron chi connectivity index (χ2n) is 5.28. The van der Waals surface area contributed by atoms with Crippen LogP contribution < -0.4 is 15.4 Å². The van der Waals surface area contributed by atoms with Crippen molar-refractivity contribution < 1.29 is 14.3 Å². The van der Waals surface area contributed by atoms with Crippen LogP contribution in [0.5, 0.6) is 5.75 Å². The van der Waals surface area contributed by atoms with Crippen LogP contribution in [0.3, 0.4) is 0 Å². The maximum Gasteiger partial charge on any atom is 0.227 e. The third-order valence-electron chi connectivity index (χ3n) is 4.03. The van der Waals surface area contributed by atoms with E-state index in [2.05, 4.69) is 10.6 Å². The molecule has 0 saturated carbocycles. The van der Waals surface area contributed by atoms with Crippen LogP contribution in [0.15, 0.2) is 24.3 Å². The fourth-order valence-corrected chi connectivity index (χ4v) is 2.74. The molecule has 5 nitrogen and oxygen atoms in total. The quantitative estimate of drug-likeness (QED) is 0.829. The van der Waals surface area contributed by atoms with Gasteiger partial charge in [0.25, 0.3) is 0 Å². The maximum atomic E-state index is 12.5. The lowest BCUT2D eigenvalue weighted by Crippen LogP contribution is -2.45. The van der Waals surface area contributed by atoms with Crippen LogP contribution in [-0.4, -0.2) is 45.4 Å². The standard InChI is InChI=1S/C16H24N2O3/c1-4-13(11-5-7-12(20-2)8-6-11)16(19)18-14-9-17-10-15(14)21-3/h5-8,13-15,17H,4,9-10H2,1-3H3,(H,18,19)/t13-,14-,15+/m1/s1. The second-order valence-corrected chi connectivity index (χ2v) is 5.28. The second kappa shape index (κ2) is 7.43. The van der Waals surface area contributed by atoms with E-state index in [1.807, 2.05) is 31.2 Å². The summed E-state index contributed by atoms with van der Waals surface area (Å²) in [4.78, 5) is 12.5. The van der Waals surface area contributed by atoms with Crippen LogP contribution in [-0.2, 0) is 9.53 Å². The smallest absolute Gasteiger partial charge is 0.227 e. The van der Waals surface area contributed by atoms with Crippen molar-refractivity contribution in [3.8, 4) is 5.75 Å². The average molecular weight is 292 g/mol. The molecule has 1 heterocycles. The van der Waals surface area contributed by atoms with Crippen molar-refractivity contribution in [2.75, 3.05) is 27.3 Å². The van der Waals surface area contributed by atoms with E-state index in [9.17, 15) is 4.79 Å². The number of rotatable bonds is 6. The summed E-state index contributed by atoms with van der Waals surface area (Å²) in [6, 6.07) is 7.72. The van der Waals surface area contributed by atoms with Crippen LogP contribution >= 0.6 is 0 Å². The van der Waals surface area contributed by atoms with Gasteiger partial charge in [-0.1, -0.05) is 19.1 Å². The van der Waals surface area contributed by atoms with Crippen LogP contribution in [0.4, 0.5) is 0 Å². The lowest BCUT2D eigenvalue weighted by atomic mass is 9.95. The highest BCUT2D eigenvalue weighted by Crippen LogP contribution is 2.23. The summed E-state index contributed by atoms with van der Waals surface area (Å²) >= 11 is 0. The van der Waals surface area contributed by atoms with Crippen LogP contribution in [0.1, 0.15) is 24.8 Å². The highest BCUT2D eigenvalue weighted by atomic mass is 16.5. The topological polar surface area (TPSA) is 59.6 Å². The molecule has 1 aliphatic rings. The lowest BCUT2D eigenvalue weighted by molar-refractivity contribution is -0.124. The SMILES string of the molecule is CC[C@@H](C(=O)N[C@@H]1CNC[C@@H]1OC)c1ccc(OC)cc1. The zero-order valence-corrected chi connectivity index (χ0v) is 12.9. The highest BCUT2D eigenvalue weighted by Gasteiger charge is 2.30. The zero-order chi connectivity index (χ0) is 15.2. The van der Waals surface area contributed by atoms with Gasteiger partial charge in [0, 0.05) is 20.2 Å². The monoisotopic (exact) mass is 292 g/mol. The van der Waals surface area contributed by atoms with Gasteiger partial charge in [0.2, 0.25) is 5.91 Å². The van der Waals surface area contributed by atoms with Crippen LogP contribution in [0.2, 0.25) is 0 Å². The van der Waals surface area contributed by atoms with Crippen LogP contribution in [0.25, 0.3) is 0 Å². The summed E-state index contributed by atoms with van der Waals surface area (Å²) in [5.74, 6) is 0.709. The third kappa shape index (κ3) is 3.74. The highest BCUT2D eigenvalue weighted by molar-refractivity contribution is 5.84. The molecule has 1 saturated heterocycles. The minimum atomic E-state index is -0.144. The van der Waals surface area contributed by atoms with Gasteiger partial charge in [-0.25, -0.2) is 0 Å². The Kier molecular flexibility index (Phi) is 5.59. The molecule has 1 aromatic carbocycles. The number of carbonyl (C=O) groups is 1. The largest absolute Gasteiger partial charge is 0.497 e. The summed E-state index contributed by atoms with van der Waals surface area (Å²) in [7, 11) is 3.31. The zero-order valence-electron chi connectivity index (χ0n) is 12.9. The van der Waals surface area contributed by atoms with Gasteiger partial charge in [-0.2, -0.15) is 0 Å². The molecule has 2 N–H and O–H groups in total. The van der Waals surface area contributed by atoms with E-state index < -0.39 is 0 Å². The van der Waals surface area contributed by atoms with Crippen molar-refractivity contribution in [1.29, 1.82) is 0 Å². The van der Waals surface area contributed by atoms with E-state index in [1.54, 1.807) is 14.2 Å². The number of nitrogens with one attached hydrogen (secondary N) is 2. The number of hydrogen-bond donors (Lipinski definition) is 2. The minimum Gasteiger partial charge on any atom is -0.497 e. The van der Waals surface area contributed by atoms with E-state index >= 15 is 0 Å². The Labute approximate surface area is 126 Å². The Morgan fingerprint density at radius 3 is 2.62 bits per heavy atom. The number of benzene rings is 1. The van der Waals surface area contributed by atoms with E-state index in [0.717, 1.165) is 30.8 Å². The Morgan fingerprint density at radius 2 is 2.05 bits per heavy atom. The molecule has 0 bridgehead atoms. The number of ether oxygens (including phenoxy) is 2. The average Bonchev–Trinajstić information content (AvgIpc) is 2.96. The third-order valence-corrected chi connectivity index (χ3v) is 4.03. The molecule has 5 heteroatoms. The molecule has 2 rings (SSSR count). The first kappa shape index (κ1) is 15.8. The van der Waals surface area contributed by atoms with Gasteiger partial charge in [0.15, 0.2) is 0 Å². The normalized spacial score (nSPS) is 22.8. The van der Waals surface area contributed by atoms with Gasteiger partial charge in [-0.15, -0.1) is 0 Å². The predicted octanol–water partition coefficient (Wildman–Crippen LogP) is 1.29. The molecule has 0 radical (unpaired) electrons. The van der Waals surface area contributed by atoms with Crippen molar-refractivity contribution in [2.24, 2.45) is 0 Å². The fourth-order valence-electron chi connectivity index (χ4n) is 2.74. The van der Waals surface area contributed by atoms with Crippen molar-refractivity contribution in [3.63, 3.8) is 0 Å². The number of amides is 1. The molecule has 116 valence electrons. The lowest BCUT2D eigenvalue weighted by Gasteiger charge is -2.22. The number of methoxy groups -OCH3 is 2. The van der Waals surface area contributed by atoms with E-state index in [0.29, 0.717) is 0 Å². The van der Waals surface area contributed by atoms with Crippen LogP contribution in [0, 0.1) is 0 Å². The Bertz CT molecular complexity index is 461. The van der Waals surface area contributed by atoms with E-state index in [1.165, 1.54) is 0 Å². The molecule has 1 aliphatic heterocycles. The van der Waals surface area contributed by atoms with E-state index in [4.69, 9.17) is 9.47 Å². The molecular weight excluding hydrogens is 268 g/mol. The first-order valence-corrected chi connectivity index (χ1v) is 7.37. The Hall–Kier alpha value is -1.59. The molecular formula is C16H24N2O3. The number of hydrogen-bond acceptors (Lipinski definition) is 4. The summed E-state index contributed by atoms with van der Waals surface area (Å²) in [6.45, 7) is 3.55. The first-order valence-electron chi connectivity index (χ1n) is 7.37. The summed E-state index contributed by atoms with van der Waals surface area (Å²) in [6.07, 6.45) is 0.804. The van der Waals surface area contributed by atoms with Gasteiger partial charge >= 0.3 is 0 Å². The maximum absolute atomic E-state index is 12.5. The molecule has 0 aliphatic carbocycles. The molecule has 0 unspecified atom stereocenters. The van der Waals surface area contributed by atoms with Gasteiger partial charge in [0.1, 0.15) is 5.75 Å². The molecule has 0 spiro atoms. The van der Waals surface area contributed by atoms with Crippen molar-refractivity contribution >= 4 is 5.91 Å². The summed E-state index contributed by atoms with van der Waals surface area (Å²) in [5, 5.41) is 6.33. The van der Waals surface area contributed by atoms with Crippen molar-refractivity contribution in [3.05, 3.63) is 29.8 Å². The Morgan fingerprint density at radius 1 is 1.33 bits per heavy atom. The molecule has 0 aromatic heterocycles. The van der Waals surface area contributed by atoms with Gasteiger partial charge < -0.3 is 20.1 Å². The summed E-state index contributed by atoms with van der Waals surface area (Å²) < 4.78 is 10.5. The van der Waals surface area contributed by atoms with Gasteiger partial charge in [0.05, 0.1) is 25.2 Å². The molecule has 1 aromatic rings. The molecule has 3 atom stereocenters. The number of carbonyl (C=O) groups excluding carboxylic acids is 1. The summed E-state index contributed by atoms with van der Waals surface area (Å²) in [5.41, 5.74) is 1.01. The predicted molar refractivity (Wildman–Crippen MR) is 81.6 cm³/mol. The Balaban J connectivity index is 2.03. The van der Waals surface area contributed by atoms with Gasteiger partial charge in [-0.3, -0.25) is 4.79 Å². The fraction of sp³-hybridized carbons (Fsp3) is 0.562. The van der Waals surface area contributed by atoms with Crippen molar-refractivity contribution in [2.45, 2.75) is 31.4 Å². The molecule has 1 amide bonds. The molecule has 21 heavy (non-hydrogen) atoms. The minimum absolute atomic E-state index is 0.0369. The van der Waals surface area contributed by atoms with Gasteiger partial charge in [-0.05, 0) is 24.1 Å². The first-order chi connectivity index (χ1) is 10.2. The van der Waals surface area contributed by atoms with Crippen molar-refractivity contribution in [1.82, 2.24) is 10.6 Å². The van der Waals surface area contributed by atoms with E-state index in [-0.39, 0.29) is 24.0 Å².